The van der Waals surface area contributed by atoms with E-state index in [0.717, 1.165) is 0 Å². The van der Waals surface area contributed by atoms with Crippen molar-refractivity contribution < 1.29 is 25.2 Å². The lowest BCUT2D eigenvalue weighted by Gasteiger charge is -2.23. The van der Waals surface area contributed by atoms with Gasteiger partial charge in [0.15, 0.2) is 0 Å². The Morgan fingerprint density at radius 3 is 2.00 bits per heavy atom. The molecule has 0 bridgehead atoms. The molecule has 0 aliphatic carbocycles. The summed E-state index contributed by atoms with van der Waals surface area (Å²) >= 11 is 0. The maximum Gasteiger partial charge on any atom is 0.139 e. The average molecular weight is 216 g/mol. The van der Waals surface area contributed by atoms with Crippen LogP contribution in [0.25, 0.3) is 0 Å². The van der Waals surface area contributed by atoms with Crippen LogP contribution in [0.2, 0.25) is 0 Å². The summed E-state index contributed by atoms with van der Waals surface area (Å²) in [4.78, 5) is 10.0. The van der Waals surface area contributed by atoms with Gasteiger partial charge in [-0.05, 0) is 0 Å². The van der Waals surface area contributed by atoms with Crippen LogP contribution in [0.1, 0.15) is 0 Å². The summed E-state index contributed by atoms with van der Waals surface area (Å²) in [5.74, 6) is 0. The predicted octanol–water partition coefficient (Wildman–Crippen LogP) is -2.99. The second-order valence-corrected chi connectivity index (χ2v) is 2.44. The van der Waals surface area contributed by atoms with E-state index < -0.39 is 31.0 Å². The Morgan fingerprint density at radius 2 is 1.69 bits per heavy atom. The zero-order valence-electron chi connectivity index (χ0n) is 6.78. The average Bonchev–Trinajstić information content (AvgIpc) is 2.12. The minimum absolute atomic E-state index is 0. The van der Waals surface area contributed by atoms with Crippen LogP contribution in [-0.2, 0) is 4.79 Å². The van der Waals surface area contributed by atoms with Crippen molar-refractivity contribution in [2.45, 2.75) is 24.4 Å². The quantitative estimate of drug-likeness (QED) is 0.312. The van der Waals surface area contributed by atoms with E-state index in [-0.39, 0.29) is 18.7 Å². The number of rotatable bonds is 5. The molecule has 7 heteroatoms. The largest absolute Gasteiger partial charge is 0.394 e. The number of hydrogen-bond donors (Lipinski definition) is 5. The third kappa shape index (κ3) is 4.51. The van der Waals surface area contributed by atoms with Crippen molar-refractivity contribution in [1.29, 1.82) is 0 Å². The Kier molecular flexibility index (Phi) is 8.43. The van der Waals surface area contributed by atoms with E-state index in [2.05, 4.69) is 0 Å². The van der Waals surface area contributed by atoms with E-state index in [1.165, 1.54) is 0 Å². The molecule has 0 spiro atoms. The normalized spacial score (nSPS) is 19.5. The van der Waals surface area contributed by atoms with Crippen LogP contribution in [0.3, 0.4) is 0 Å². The van der Waals surface area contributed by atoms with Gasteiger partial charge in [-0.1, -0.05) is 0 Å². The molecule has 0 aromatic carbocycles. The third-order valence-electron chi connectivity index (χ3n) is 1.48. The van der Waals surface area contributed by atoms with Crippen molar-refractivity contribution >= 4 is 18.7 Å². The van der Waals surface area contributed by atoms with Gasteiger partial charge >= 0.3 is 0 Å². The summed E-state index contributed by atoms with van der Waals surface area (Å²) in [5.41, 5.74) is 5.04. The molecule has 0 aliphatic rings. The molecule has 0 heterocycles. The first kappa shape index (κ1) is 15.2. The molecular formula is C6H14ClNO5. The standard InChI is InChI=1S/C6H13NO5.ClH/c7-3(1-8)5(11)6(12)4(10)2-9;/h1,3-6,9-12H,2,7H2;1H/t3-,4+,5+,6-;/m1./s1. The van der Waals surface area contributed by atoms with Crippen molar-refractivity contribution in [2.24, 2.45) is 5.73 Å². The number of nitrogens with two attached hydrogens (primary N) is 1. The minimum atomic E-state index is -1.62. The first-order valence-electron chi connectivity index (χ1n) is 3.40. The molecule has 6 N–H and O–H groups in total. The highest BCUT2D eigenvalue weighted by Crippen LogP contribution is 2.01. The highest BCUT2D eigenvalue weighted by atomic mass is 35.5. The minimum Gasteiger partial charge on any atom is -0.394 e. The molecule has 0 saturated heterocycles. The van der Waals surface area contributed by atoms with E-state index >= 15 is 0 Å². The SMILES string of the molecule is Cl.N[C@H](C=O)[C@H](O)[C@H](O)[C@@H](O)CO. The summed E-state index contributed by atoms with van der Waals surface area (Å²) in [6.07, 6.45) is -4.43. The van der Waals surface area contributed by atoms with Crippen LogP contribution in [0.15, 0.2) is 0 Å². The Bertz CT molecular complexity index is 147. The van der Waals surface area contributed by atoms with Gasteiger partial charge in [0.05, 0.1) is 12.6 Å². The van der Waals surface area contributed by atoms with Crippen molar-refractivity contribution in [3.05, 3.63) is 0 Å². The maximum absolute atomic E-state index is 10.0. The number of halogens is 1. The van der Waals surface area contributed by atoms with Crippen LogP contribution >= 0.6 is 12.4 Å². The lowest BCUT2D eigenvalue weighted by molar-refractivity contribution is -0.118. The van der Waals surface area contributed by atoms with Gasteiger partial charge in [-0.15, -0.1) is 12.4 Å². The predicted molar refractivity (Wildman–Crippen MR) is 46.4 cm³/mol. The van der Waals surface area contributed by atoms with Crippen molar-refractivity contribution in [3.8, 4) is 0 Å². The van der Waals surface area contributed by atoms with Crippen LogP contribution in [0.4, 0.5) is 0 Å². The number of aliphatic hydroxyl groups excluding tert-OH is 4. The van der Waals surface area contributed by atoms with Gasteiger partial charge in [0.1, 0.15) is 24.6 Å². The molecule has 0 unspecified atom stereocenters. The second-order valence-electron chi connectivity index (χ2n) is 2.44. The molecule has 0 saturated carbocycles. The third-order valence-corrected chi connectivity index (χ3v) is 1.48. The van der Waals surface area contributed by atoms with Crippen molar-refractivity contribution in [2.75, 3.05) is 6.61 Å². The zero-order valence-corrected chi connectivity index (χ0v) is 7.59. The van der Waals surface area contributed by atoms with Gasteiger partial charge in [0.2, 0.25) is 0 Å². The fourth-order valence-corrected chi connectivity index (χ4v) is 0.644. The number of hydrogen-bond acceptors (Lipinski definition) is 6. The molecule has 0 rings (SSSR count). The van der Waals surface area contributed by atoms with Crippen LogP contribution in [0, 0.1) is 0 Å². The zero-order chi connectivity index (χ0) is 9.72. The second kappa shape index (κ2) is 7.19. The van der Waals surface area contributed by atoms with Gasteiger partial charge in [-0.25, -0.2) is 0 Å². The van der Waals surface area contributed by atoms with Crippen molar-refractivity contribution in [3.63, 3.8) is 0 Å². The Labute approximate surface area is 81.4 Å². The highest BCUT2D eigenvalue weighted by molar-refractivity contribution is 5.85. The first-order chi connectivity index (χ1) is 5.54. The van der Waals surface area contributed by atoms with E-state index in [9.17, 15) is 4.79 Å². The van der Waals surface area contributed by atoms with Gasteiger partial charge in [0.25, 0.3) is 0 Å². The fourth-order valence-electron chi connectivity index (χ4n) is 0.644. The summed E-state index contributed by atoms with van der Waals surface area (Å²) in [5, 5.41) is 35.2. The summed E-state index contributed by atoms with van der Waals surface area (Å²) < 4.78 is 0. The van der Waals surface area contributed by atoms with E-state index in [0.29, 0.717) is 0 Å². The molecule has 13 heavy (non-hydrogen) atoms. The van der Waals surface area contributed by atoms with Crippen LogP contribution in [0.5, 0.6) is 0 Å². The Balaban J connectivity index is 0. The van der Waals surface area contributed by atoms with Gasteiger partial charge in [-0.2, -0.15) is 0 Å². The number of carbonyl (C=O) groups excluding carboxylic acids is 1. The van der Waals surface area contributed by atoms with E-state index in [1.54, 1.807) is 0 Å². The highest BCUT2D eigenvalue weighted by Gasteiger charge is 2.28. The topological polar surface area (TPSA) is 124 Å². The summed E-state index contributed by atoms with van der Waals surface area (Å²) in [6.45, 7) is -0.705. The lowest BCUT2D eigenvalue weighted by atomic mass is 10.0. The molecule has 4 atom stereocenters. The summed E-state index contributed by atoms with van der Waals surface area (Å²) in [7, 11) is 0. The maximum atomic E-state index is 10.0. The fraction of sp³-hybridized carbons (Fsp3) is 0.833. The molecule has 0 aliphatic heterocycles. The number of aliphatic hydroxyl groups is 4. The lowest BCUT2D eigenvalue weighted by Crippen LogP contribution is -2.49. The molecule has 80 valence electrons. The van der Waals surface area contributed by atoms with Gasteiger partial charge < -0.3 is 31.0 Å². The molecule has 0 aromatic rings. The van der Waals surface area contributed by atoms with Gasteiger partial charge in [-0.3, -0.25) is 0 Å². The van der Waals surface area contributed by atoms with E-state index in [1.807, 2.05) is 0 Å². The monoisotopic (exact) mass is 215 g/mol. The molecule has 0 aromatic heterocycles. The molecule has 6 nitrogen and oxygen atoms in total. The Hall–Kier alpha value is -0.240. The molecule has 0 amide bonds. The first-order valence-corrected chi connectivity index (χ1v) is 3.40. The molecule has 0 radical (unpaired) electrons. The van der Waals surface area contributed by atoms with Crippen LogP contribution < -0.4 is 5.73 Å². The number of aldehydes is 1. The van der Waals surface area contributed by atoms with E-state index in [4.69, 9.17) is 26.2 Å². The van der Waals surface area contributed by atoms with Gasteiger partial charge in [0, 0.05) is 0 Å². The summed E-state index contributed by atoms with van der Waals surface area (Å²) in [6, 6.07) is -1.26. The van der Waals surface area contributed by atoms with Crippen LogP contribution in [-0.4, -0.2) is 57.7 Å². The molecular weight excluding hydrogens is 202 g/mol. The molecule has 0 fully saturated rings. The van der Waals surface area contributed by atoms with Crippen molar-refractivity contribution in [1.82, 2.24) is 0 Å². The number of carbonyl (C=O) groups is 1. The Morgan fingerprint density at radius 1 is 1.23 bits per heavy atom. The smallest absolute Gasteiger partial charge is 0.139 e.